The molecule has 4 heterocycles. The molecule has 0 spiro atoms. The van der Waals surface area contributed by atoms with Crippen LogP contribution < -0.4 is 11.3 Å². The third-order valence-corrected chi connectivity index (χ3v) is 7.26. The van der Waals surface area contributed by atoms with Gasteiger partial charge < -0.3 is 15.7 Å². The van der Waals surface area contributed by atoms with E-state index in [0.29, 0.717) is 23.5 Å². The maximum atomic E-state index is 13.7. The van der Waals surface area contributed by atoms with Gasteiger partial charge in [-0.2, -0.15) is 5.10 Å². The number of benzene rings is 1. The number of nitrogens with two attached hydrogens (primary N) is 1. The van der Waals surface area contributed by atoms with Gasteiger partial charge >= 0.3 is 0 Å². The molecule has 5 rings (SSSR count). The van der Waals surface area contributed by atoms with Crippen molar-refractivity contribution in [2.45, 2.75) is 50.3 Å². The van der Waals surface area contributed by atoms with Gasteiger partial charge in [-0.05, 0) is 30.0 Å². The monoisotopic (exact) mass is 537 g/mol. The van der Waals surface area contributed by atoms with Crippen LogP contribution in [0.3, 0.4) is 0 Å². The number of pyridine rings is 1. The molecule has 0 bridgehead atoms. The molecule has 1 atom stereocenters. The van der Waals surface area contributed by atoms with Crippen molar-refractivity contribution in [3.05, 3.63) is 82.7 Å². The topological polar surface area (TPSA) is 132 Å². The number of halogens is 2. The van der Waals surface area contributed by atoms with E-state index in [9.17, 15) is 23.5 Å². The lowest BCUT2D eigenvalue weighted by atomic mass is 9.90. The standard InChI is InChI=1S/C27H29F2N7O3/c28-24(29)20(19-4-2-1-3-5-19)12-23(37)34-10-8-27(39,9-11-34)16-35-17-33-36-22(15-32-25(36)26(35)38)21-7-6-18(13-30)14-31-21/h1-7,14-15,17,20,24,39H,8-13,16,30H2. The largest absolute Gasteiger partial charge is 0.388 e. The van der Waals surface area contributed by atoms with Gasteiger partial charge in [-0.25, -0.2) is 18.3 Å². The third kappa shape index (κ3) is 5.57. The van der Waals surface area contributed by atoms with Crippen LogP contribution >= 0.6 is 0 Å². The molecule has 1 amide bonds. The van der Waals surface area contributed by atoms with E-state index in [1.54, 1.807) is 42.6 Å². The van der Waals surface area contributed by atoms with E-state index in [-0.39, 0.29) is 50.5 Å². The van der Waals surface area contributed by atoms with Crippen LogP contribution in [0, 0.1) is 0 Å². The zero-order valence-electron chi connectivity index (χ0n) is 21.2. The summed E-state index contributed by atoms with van der Waals surface area (Å²) in [6.07, 6.45) is 1.91. The predicted molar refractivity (Wildman–Crippen MR) is 139 cm³/mol. The Kier molecular flexibility index (Phi) is 7.49. The van der Waals surface area contributed by atoms with E-state index in [1.807, 2.05) is 6.07 Å². The van der Waals surface area contributed by atoms with Gasteiger partial charge in [0.25, 0.3) is 5.56 Å². The third-order valence-electron chi connectivity index (χ3n) is 7.26. The highest BCUT2D eigenvalue weighted by molar-refractivity contribution is 5.77. The van der Waals surface area contributed by atoms with Gasteiger partial charge in [-0.1, -0.05) is 36.4 Å². The Balaban J connectivity index is 1.25. The number of likely N-dealkylation sites (tertiary alicyclic amines) is 1. The number of fused-ring (bicyclic) bond motifs is 1. The van der Waals surface area contributed by atoms with Gasteiger partial charge in [0.2, 0.25) is 18.0 Å². The summed E-state index contributed by atoms with van der Waals surface area (Å²) in [5.74, 6) is -1.58. The van der Waals surface area contributed by atoms with Crippen molar-refractivity contribution >= 4 is 11.6 Å². The number of alkyl halides is 2. The molecular weight excluding hydrogens is 508 g/mol. The van der Waals surface area contributed by atoms with E-state index < -0.39 is 23.5 Å². The quantitative estimate of drug-likeness (QED) is 0.352. The van der Waals surface area contributed by atoms with E-state index in [0.717, 1.165) is 5.56 Å². The first-order valence-electron chi connectivity index (χ1n) is 12.7. The summed E-state index contributed by atoms with van der Waals surface area (Å²) in [6.45, 7) is 0.722. The molecule has 3 aromatic heterocycles. The molecule has 1 aromatic carbocycles. The first-order valence-corrected chi connectivity index (χ1v) is 12.7. The number of rotatable bonds is 8. The fourth-order valence-electron chi connectivity index (χ4n) is 4.90. The van der Waals surface area contributed by atoms with E-state index in [4.69, 9.17) is 5.73 Å². The molecule has 3 N–H and O–H groups in total. The van der Waals surface area contributed by atoms with Crippen molar-refractivity contribution in [2.75, 3.05) is 13.1 Å². The van der Waals surface area contributed by atoms with E-state index in [1.165, 1.54) is 26.5 Å². The highest BCUT2D eigenvalue weighted by Crippen LogP contribution is 2.30. The lowest BCUT2D eigenvalue weighted by Gasteiger charge is -2.38. The Bertz CT molecular complexity index is 1500. The Morgan fingerprint density at radius 1 is 1.08 bits per heavy atom. The molecule has 1 unspecified atom stereocenters. The van der Waals surface area contributed by atoms with Crippen molar-refractivity contribution < 1.29 is 18.7 Å². The average Bonchev–Trinajstić information content (AvgIpc) is 3.39. The number of nitrogens with zero attached hydrogens (tertiary/aromatic N) is 6. The normalized spacial score (nSPS) is 16.1. The second-order valence-corrected chi connectivity index (χ2v) is 9.86. The summed E-state index contributed by atoms with van der Waals surface area (Å²) >= 11 is 0. The van der Waals surface area contributed by atoms with Crippen molar-refractivity contribution in [3.63, 3.8) is 0 Å². The molecule has 1 aliphatic heterocycles. The molecule has 0 aliphatic carbocycles. The van der Waals surface area contributed by atoms with Crippen LogP contribution in [-0.4, -0.2) is 65.2 Å². The van der Waals surface area contributed by atoms with Crippen LogP contribution in [0.25, 0.3) is 17.0 Å². The first-order chi connectivity index (χ1) is 18.8. The molecule has 39 heavy (non-hydrogen) atoms. The zero-order valence-corrected chi connectivity index (χ0v) is 21.2. The minimum Gasteiger partial charge on any atom is -0.388 e. The number of amides is 1. The number of carbonyl (C=O) groups is 1. The molecular formula is C27H29F2N7O3. The van der Waals surface area contributed by atoms with Crippen LogP contribution in [0.1, 0.15) is 36.3 Å². The number of hydrogen-bond acceptors (Lipinski definition) is 7. The number of hydrogen-bond donors (Lipinski definition) is 2. The summed E-state index contributed by atoms with van der Waals surface area (Å²) < 4.78 is 30.1. The smallest absolute Gasteiger partial charge is 0.296 e. The van der Waals surface area contributed by atoms with Crippen LogP contribution in [0.15, 0.2) is 66.0 Å². The Morgan fingerprint density at radius 2 is 1.82 bits per heavy atom. The highest BCUT2D eigenvalue weighted by Gasteiger charge is 2.36. The summed E-state index contributed by atoms with van der Waals surface area (Å²) in [4.78, 5) is 36.1. The molecule has 204 valence electrons. The molecule has 10 nitrogen and oxygen atoms in total. The lowest BCUT2D eigenvalue weighted by Crippen LogP contribution is -2.50. The molecule has 0 radical (unpaired) electrons. The van der Waals surface area contributed by atoms with Gasteiger partial charge in [-0.15, -0.1) is 0 Å². The Labute approximate surface area is 222 Å². The second-order valence-electron chi connectivity index (χ2n) is 9.86. The van der Waals surface area contributed by atoms with Crippen LogP contribution in [0.5, 0.6) is 0 Å². The number of piperidine rings is 1. The summed E-state index contributed by atoms with van der Waals surface area (Å²) in [7, 11) is 0. The highest BCUT2D eigenvalue weighted by atomic mass is 19.3. The Hall–Kier alpha value is -4.03. The summed E-state index contributed by atoms with van der Waals surface area (Å²) in [6, 6.07) is 11.9. The fourth-order valence-corrected chi connectivity index (χ4v) is 4.90. The Morgan fingerprint density at radius 3 is 2.46 bits per heavy atom. The van der Waals surface area contributed by atoms with E-state index >= 15 is 0 Å². The van der Waals surface area contributed by atoms with Crippen molar-refractivity contribution in [2.24, 2.45) is 5.73 Å². The van der Waals surface area contributed by atoms with Gasteiger partial charge in [-0.3, -0.25) is 19.1 Å². The number of aromatic nitrogens is 5. The molecule has 0 saturated carbocycles. The molecule has 1 saturated heterocycles. The van der Waals surface area contributed by atoms with Crippen LogP contribution in [0.4, 0.5) is 8.78 Å². The number of carbonyl (C=O) groups excluding carboxylic acids is 1. The maximum Gasteiger partial charge on any atom is 0.296 e. The second kappa shape index (κ2) is 11.0. The molecule has 4 aromatic rings. The molecule has 1 aliphatic rings. The minimum atomic E-state index is -2.67. The minimum absolute atomic E-state index is 0.0350. The van der Waals surface area contributed by atoms with Crippen molar-refractivity contribution in [1.82, 2.24) is 29.0 Å². The van der Waals surface area contributed by atoms with Crippen LogP contribution in [0.2, 0.25) is 0 Å². The summed E-state index contributed by atoms with van der Waals surface area (Å²) in [5, 5.41) is 15.6. The van der Waals surface area contributed by atoms with Crippen LogP contribution in [-0.2, 0) is 17.9 Å². The van der Waals surface area contributed by atoms with Crippen molar-refractivity contribution in [3.8, 4) is 11.4 Å². The first kappa shape index (κ1) is 26.6. The maximum absolute atomic E-state index is 13.7. The zero-order chi connectivity index (χ0) is 27.6. The van der Waals surface area contributed by atoms with E-state index in [2.05, 4.69) is 15.1 Å². The summed E-state index contributed by atoms with van der Waals surface area (Å²) in [5.41, 5.74) is 6.44. The van der Waals surface area contributed by atoms with Gasteiger partial charge in [0.15, 0.2) is 0 Å². The van der Waals surface area contributed by atoms with Gasteiger partial charge in [0, 0.05) is 32.3 Å². The number of imidazole rings is 1. The molecule has 12 heteroatoms. The predicted octanol–water partition coefficient (Wildman–Crippen LogP) is 2.20. The average molecular weight is 538 g/mol. The van der Waals surface area contributed by atoms with Gasteiger partial charge in [0.1, 0.15) is 12.0 Å². The number of aliphatic hydroxyl groups is 1. The fraction of sp³-hybridized carbons (Fsp3) is 0.370. The lowest BCUT2D eigenvalue weighted by molar-refractivity contribution is -0.137. The molecule has 1 fully saturated rings. The SMILES string of the molecule is NCc1ccc(-c2cnc3c(=O)n(CC4(O)CCN(C(=O)CC(c5ccccc5)C(F)F)CC4)cnn23)nc1. The van der Waals surface area contributed by atoms with Crippen molar-refractivity contribution in [1.29, 1.82) is 0 Å². The van der Waals surface area contributed by atoms with Gasteiger partial charge in [0.05, 0.1) is 30.0 Å².